The Morgan fingerprint density at radius 1 is 1.06 bits per heavy atom. The highest BCUT2D eigenvalue weighted by Gasteiger charge is 2.58. The summed E-state index contributed by atoms with van der Waals surface area (Å²) in [6, 6.07) is 17.2. The van der Waals surface area contributed by atoms with Gasteiger partial charge in [-0.05, 0) is 56.8 Å². The molecule has 2 aromatic rings. The van der Waals surface area contributed by atoms with Crippen molar-refractivity contribution >= 4 is 51.7 Å². The molecule has 2 aromatic carbocycles. The number of Topliss-reactive ketones (excluding diaryl/α,β-unsaturated/α-hetero) is 1. The SMILES string of the molecule is CCOC(=O)C1=NN(c2ccccc2OC)[C@]2(S1)SC(C(C)=O)=C(C)N2c1ccccc1. The standard InChI is InChI=1S/C23H23N3O4S2/c1-5-30-22(28)21-24-26(18-13-9-10-14-19(18)29-4)23(32-21)25(17-11-7-6-8-12-17)15(2)20(31-23)16(3)27/h6-14H,5H2,1-4H3/t23-/m0/s1. The maximum atomic E-state index is 12.7. The Morgan fingerprint density at radius 3 is 2.41 bits per heavy atom. The normalized spacial score (nSPS) is 20.1. The van der Waals surface area contributed by atoms with E-state index in [1.165, 1.54) is 23.5 Å². The molecule has 166 valence electrons. The molecule has 9 heteroatoms. The van der Waals surface area contributed by atoms with Crippen LogP contribution in [0.25, 0.3) is 0 Å². The molecule has 1 spiro atoms. The number of ketones is 1. The number of carbonyl (C=O) groups is 2. The fraction of sp³-hybridized carbons (Fsp3) is 0.261. The maximum absolute atomic E-state index is 12.7. The predicted octanol–water partition coefficient (Wildman–Crippen LogP) is 4.81. The molecule has 0 radical (unpaired) electrons. The summed E-state index contributed by atoms with van der Waals surface area (Å²) in [5.41, 5.74) is 2.34. The summed E-state index contributed by atoms with van der Waals surface area (Å²) in [4.78, 5) is 27.9. The van der Waals surface area contributed by atoms with E-state index < -0.39 is 10.3 Å². The van der Waals surface area contributed by atoms with Gasteiger partial charge in [-0.1, -0.05) is 42.1 Å². The van der Waals surface area contributed by atoms with Gasteiger partial charge in [0.15, 0.2) is 5.78 Å². The Labute approximate surface area is 195 Å². The van der Waals surface area contributed by atoms with E-state index in [1.54, 1.807) is 26.0 Å². The molecule has 7 nitrogen and oxygen atoms in total. The first-order valence-corrected chi connectivity index (χ1v) is 11.7. The molecule has 0 aliphatic carbocycles. The number of thioether (sulfide) groups is 2. The van der Waals surface area contributed by atoms with Crippen LogP contribution < -0.4 is 14.6 Å². The molecule has 0 N–H and O–H groups in total. The van der Waals surface area contributed by atoms with Crippen LogP contribution in [-0.2, 0) is 14.3 Å². The largest absolute Gasteiger partial charge is 0.495 e. The number of carbonyl (C=O) groups excluding carboxylic acids is 2. The first-order chi connectivity index (χ1) is 15.4. The van der Waals surface area contributed by atoms with Crippen molar-refractivity contribution in [2.75, 3.05) is 23.6 Å². The van der Waals surface area contributed by atoms with Gasteiger partial charge in [-0.2, -0.15) is 5.10 Å². The van der Waals surface area contributed by atoms with Crippen LogP contribution in [0, 0.1) is 0 Å². The van der Waals surface area contributed by atoms with Gasteiger partial charge in [0.25, 0.3) is 0 Å². The number of benzene rings is 2. The summed E-state index contributed by atoms with van der Waals surface area (Å²) in [5, 5.41) is 6.64. The summed E-state index contributed by atoms with van der Waals surface area (Å²) >= 11 is 2.63. The zero-order valence-electron chi connectivity index (χ0n) is 18.2. The maximum Gasteiger partial charge on any atom is 0.365 e. The van der Waals surface area contributed by atoms with Crippen molar-refractivity contribution in [2.45, 2.75) is 25.1 Å². The van der Waals surface area contributed by atoms with Crippen molar-refractivity contribution in [3.05, 3.63) is 65.2 Å². The van der Waals surface area contributed by atoms with E-state index in [0.717, 1.165) is 11.4 Å². The smallest absolute Gasteiger partial charge is 0.365 e. The van der Waals surface area contributed by atoms with Crippen LogP contribution in [0.3, 0.4) is 0 Å². The Bertz CT molecular complexity index is 1120. The minimum absolute atomic E-state index is 0.0459. The highest BCUT2D eigenvalue weighted by Crippen LogP contribution is 2.61. The van der Waals surface area contributed by atoms with E-state index in [4.69, 9.17) is 9.47 Å². The van der Waals surface area contributed by atoms with Crippen LogP contribution >= 0.6 is 23.5 Å². The topological polar surface area (TPSA) is 71.4 Å². The van der Waals surface area contributed by atoms with Crippen LogP contribution in [0.4, 0.5) is 11.4 Å². The van der Waals surface area contributed by atoms with Gasteiger partial charge in [0.2, 0.25) is 9.37 Å². The Hall–Kier alpha value is -2.91. The molecule has 2 aliphatic rings. The molecule has 2 heterocycles. The number of ether oxygens (including phenoxy) is 2. The van der Waals surface area contributed by atoms with Crippen LogP contribution in [0.2, 0.25) is 0 Å². The zero-order chi connectivity index (χ0) is 22.9. The third-order valence-corrected chi connectivity index (χ3v) is 7.94. The van der Waals surface area contributed by atoms with Crippen molar-refractivity contribution in [3.63, 3.8) is 0 Å². The van der Waals surface area contributed by atoms with E-state index in [0.29, 0.717) is 16.3 Å². The van der Waals surface area contributed by atoms with Crippen molar-refractivity contribution < 1.29 is 19.1 Å². The van der Waals surface area contributed by atoms with Gasteiger partial charge in [-0.3, -0.25) is 4.79 Å². The summed E-state index contributed by atoms with van der Waals surface area (Å²) in [7, 11) is 1.59. The van der Waals surface area contributed by atoms with Gasteiger partial charge in [0.1, 0.15) is 11.4 Å². The molecule has 1 atom stereocenters. The molecule has 0 fully saturated rings. The molecule has 0 unspecified atom stereocenters. The lowest BCUT2D eigenvalue weighted by molar-refractivity contribution is -0.134. The van der Waals surface area contributed by atoms with E-state index in [-0.39, 0.29) is 17.4 Å². The minimum atomic E-state index is -0.983. The summed E-state index contributed by atoms with van der Waals surface area (Å²) < 4.78 is 9.87. The van der Waals surface area contributed by atoms with Gasteiger partial charge in [0, 0.05) is 11.4 Å². The number of anilines is 2. The second-order valence-corrected chi connectivity index (χ2v) is 9.60. The highest BCUT2D eigenvalue weighted by molar-refractivity contribution is 8.29. The molecule has 4 rings (SSSR count). The minimum Gasteiger partial charge on any atom is -0.495 e. The number of esters is 1. The van der Waals surface area contributed by atoms with Crippen LogP contribution in [0.1, 0.15) is 20.8 Å². The summed E-state index contributed by atoms with van der Waals surface area (Å²) in [6.45, 7) is 5.46. The zero-order valence-corrected chi connectivity index (χ0v) is 19.8. The lowest BCUT2D eigenvalue weighted by Gasteiger charge is -2.41. The van der Waals surface area contributed by atoms with Crippen LogP contribution in [-0.4, -0.2) is 34.8 Å². The van der Waals surface area contributed by atoms with E-state index in [2.05, 4.69) is 5.10 Å². The van der Waals surface area contributed by atoms with Crippen molar-refractivity contribution in [1.29, 1.82) is 0 Å². The lowest BCUT2D eigenvalue weighted by atomic mass is 10.2. The van der Waals surface area contributed by atoms with Crippen molar-refractivity contribution in [3.8, 4) is 5.75 Å². The van der Waals surface area contributed by atoms with Crippen molar-refractivity contribution in [1.82, 2.24) is 0 Å². The molecular formula is C23H23N3O4S2. The number of rotatable bonds is 6. The Balaban J connectivity index is 1.93. The fourth-order valence-corrected chi connectivity index (χ4v) is 6.60. The van der Waals surface area contributed by atoms with Gasteiger partial charge < -0.3 is 14.4 Å². The summed E-state index contributed by atoms with van der Waals surface area (Å²) in [6.07, 6.45) is 0. The molecule has 0 amide bonds. The van der Waals surface area contributed by atoms with Gasteiger partial charge in [0.05, 0.1) is 18.6 Å². The van der Waals surface area contributed by atoms with Gasteiger partial charge in [-0.25, -0.2) is 9.80 Å². The quantitative estimate of drug-likeness (QED) is 0.558. The lowest BCUT2D eigenvalue weighted by Crippen LogP contribution is -2.49. The molecule has 2 aliphatic heterocycles. The Morgan fingerprint density at radius 2 is 1.75 bits per heavy atom. The predicted molar refractivity (Wildman–Crippen MR) is 130 cm³/mol. The average Bonchev–Trinajstić information content (AvgIpc) is 3.32. The van der Waals surface area contributed by atoms with E-state index in [1.807, 2.05) is 66.4 Å². The molecular weight excluding hydrogens is 446 g/mol. The fourth-order valence-electron chi connectivity index (χ4n) is 3.66. The molecule has 0 saturated carbocycles. The Kier molecular flexibility index (Phi) is 6.21. The molecule has 0 aromatic heterocycles. The second-order valence-electron chi connectivity index (χ2n) is 7.00. The third-order valence-electron chi connectivity index (χ3n) is 4.97. The first-order valence-electron chi connectivity index (χ1n) is 10.1. The van der Waals surface area contributed by atoms with Crippen molar-refractivity contribution in [2.24, 2.45) is 5.10 Å². The number of hydrazone groups is 1. The molecule has 0 saturated heterocycles. The van der Waals surface area contributed by atoms with E-state index >= 15 is 0 Å². The third kappa shape index (κ3) is 3.65. The molecule has 32 heavy (non-hydrogen) atoms. The number of allylic oxidation sites excluding steroid dienone is 2. The molecule has 0 bridgehead atoms. The number of hydrogen-bond donors (Lipinski definition) is 0. The van der Waals surface area contributed by atoms with Crippen LogP contribution in [0.5, 0.6) is 5.75 Å². The monoisotopic (exact) mass is 469 g/mol. The highest BCUT2D eigenvalue weighted by atomic mass is 32.2. The number of nitrogens with zero attached hydrogens (tertiary/aromatic N) is 3. The van der Waals surface area contributed by atoms with Gasteiger partial charge >= 0.3 is 5.97 Å². The average molecular weight is 470 g/mol. The van der Waals surface area contributed by atoms with Gasteiger partial charge in [-0.15, -0.1) is 0 Å². The first kappa shape index (κ1) is 22.3. The van der Waals surface area contributed by atoms with E-state index in [9.17, 15) is 9.59 Å². The number of methoxy groups -OCH3 is 1. The summed E-state index contributed by atoms with van der Waals surface area (Å²) in [5.74, 6) is 0.0520. The number of hydrogen-bond acceptors (Lipinski definition) is 9. The van der Waals surface area contributed by atoms with Crippen LogP contribution in [0.15, 0.2) is 70.3 Å². The number of para-hydroxylation sites is 3. The second kappa shape index (κ2) is 8.91.